The van der Waals surface area contributed by atoms with Crippen molar-refractivity contribution in [1.29, 1.82) is 0 Å². The van der Waals surface area contributed by atoms with Crippen LogP contribution in [0.3, 0.4) is 0 Å². The van der Waals surface area contributed by atoms with Crippen molar-refractivity contribution in [2.75, 3.05) is 0 Å². The van der Waals surface area contributed by atoms with Gasteiger partial charge in [-0.05, 0) is 57.5 Å². The maximum atomic E-state index is 12.6. The van der Waals surface area contributed by atoms with Gasteiger partial charge in [-0.15, -0.1) is 0 Å². The van der Waals surface area contributed by atoms with Crippen LogP contribution in [0.15, 0.2) is 36.4 Å². The topological polar surface area (TPSA) is 61.8 Å². The number of hydrogen-bond donors (Lipinski definition) is 0. The van der Waals surface area contributed by atoms with Gasteiger partial charge < -0.3 is 14.2 Å². The van der Waals surface area contributed by atoms with Gasteiger partial charge in [-0.3, -0.25) is 9.59 Å². The van der Waals surface area contributed by atoms with E-state index in [-0.39, 0.29) is 30.2 Å². The third kappa shape index (κ3) is 3.37. The molecule has 5 nitrogen and oxygen atoms in total. The summed E-state index contributed by atoms with van der Waals surface area (Å²) in [6, 6.07) is 11.1. The highest BCUT2D eigenvalue weighted by Gasteiger charge is 2.39. The van der Waals surface area contributed by atoms with E-state index in [2.05, 4.69) is 0 Å². The molecule has 28 heavy (non-hydrogen) atoms. The quantitative estimate of drug-likeness (QED) is 0.572. The number of esters is 1. The molecule has 1 atom stereocenters. The molecule has 0 fully saturated rings. The van der Waals surface area contributed by atoms with E-state index in [1.165, 1.54) is 0 Å². The number of fused-ring (bicyclic) bond motifs is 3. The van der Waals surface area contributed by atoms with Crippen molar-refractivity contribution < 1.29 is 23.8 Å². The average molecular weight is 380 g/mol. The minimum Gasteiger partial charge on any atom is -0.491 e. The lowest BCUT2D eigenvalue weighted by Gasteiger charge is -2.36. The van der Waals surface area contributed by atoms with E-state index >= 15 is 0 Å². The minimum absolute atomic E-state index is 0.0466. The fourth-order valence-electron chi connectivity index (χ4n) is 3.89. The summed E-state index contributed by atoms with van der Waals surface area (Å²) in [6.07, 6.45) is 0.612. The van der Waals surface area contributed by atoms with Crippen LogP contribution in [0.2, 0.25) is 0 Å². The Kier molecular flexibility index (Phi) is 4.41. The van der Waals surface area contributed by atoms with Crippen LogP contribution in [0, 0.1) is 0 Å². The summed E-state index contributed by atoms with van der Waals surface area (Å²) < 4.78 is 17.4. The van der Waals surface area contributed by atoms with Crippen molar-refractivity contribution in [3.05, 3.63) is 53.1 Å². The molecular formula is C23H24O5. The summed E-state index contributed by atoms with van der Waals surface area (Å²) in [6.45, 7) is 7.75. The van der Waals surface area contributed by atoms with E-state index in [0.29, 0.717) is 23.5 Å². The lowest BCUT2D eigenvalue weighted by molar-refractivity contribution is -0.135. The summed E-state index contributed by atoms with van der Waals surface area (Å²) in [7, 11) is 0. The molecule has 0 saturated heterocycles. The fraction of sp³-hybridized carbons (Fsp3) is 0.391. The van der Waals surface area contributed by atoms with Gasteiger partial charge in [0, 0.05) is 11.5 Å². The molecule has 4 rings (SSSR count). The van der Waals surface area contributed by atoms with E-state index in [1.54, 1.807) is 12.1 Å². The molecule has 2 aromatic carbocycles. The first-order valence-electron chi connectivity index (χ1n) is 9.60. The molecule has 0 bridgehead atoms. The van der Waals surface area contributed by atoms with E-state index in [1.807, 2.05) is 52.0 Å². The highest BCUT2D eigenvalue weighted by atomic mass is 16.5. The lowest BCUT2D eigenvalue weighted by Crippen LogP contribution is -2.37. The van der Waals surface area contributed by atoms with Crippen molar-refractivity contribution in [2.24, 2.45) is 0 Å². The summed E-state index contributed by atoms with van der Waals surface area (Å²) in [5.41, 5.74) is 1.69. The number of benzene rings is 2. The maximum Gasteiger partial charge on any atom is 0.312 e. The van der Waals surface area contributed by atoms with Crippen LogP contribution in [0.1, 0.15) is 67.9 Å². The molecule has 0 aromatic heterocycles. The molecule has 2 heterocycles. The van der Waals surface area contributed by atoms with Crippen LogP contribution in [0.5, 0.6) is 17.2 Å². The van der Waals surface area contributed by atoms with Crippen LogP contribution in [0.4, 0.5) is 0 Å². The van der Waals surface area contributed by atoms with Crippen molar-refractivity contribution >= 4 is 11.8 Å². The van der Waals surface area contributed by atoms with Gasteiger partial charge >= 0.3 is 5.97 Å². The molecule has 0 spiro atoms. The lowest BCUT2D eigenvalue weighted by atomic mass is 9.82. The molecule has 2 aliphatic heterocycles. The van der Waals surface area contributed by atoms with Gasteiger partial charge in [0.05, 0.1) is 24.5 Å². The molecule has 2 aromatic rings. The normalized spacial score (nSPS) is 20.1. The number of Topliss-reactive ketones (excluding diaryl/α,β-unsaturated/α-hetero) is 1. The molecule has 146 valence electrons. The number of carbonyl (C=O) groups excluding carboxylic acids is 2. The third-order valence-corrected chi connectivity index (χ3v) is 5.02. The van der Waals surface area contributed by atoms with Gasteiger partial charge in [0.25, 0.3) is 0 Å². The number of hydrogen-bond acceptors (Lipinski definition) is 5. The van der Waals surface area contributed by atoms with E-state index < -0.39 is 5.60 Å². The minimum atomic E-state index is -0.597. The zero-order valence-electron chi connectivity index (χ0n) is 16.6. The highest BCUT2D eigenvalue weighted by molar-refractivity contribution is 6.01. The molecular weight excluding hydrogens is 356 g/mol. The van der Waals surface area contributed by atoms with Crippen molar-refractivity contribution in [2.45, 2.75) is 58.2 Å². The molecule has 5 heteroatoms. The summed E-state index contributed by atoms with van der Waals surface area (Å²) in [5.74, 6) is 1.31. The van der Waals surface area contributed by atoms with Gasteiger partial charge in [-0.2, -0.15) is 0 Å². The number of carbonyl (C=O) groups is 2. The predicted molar refractivity (Wildman–Crippen MR) is 104 cm³/mol. The summed E-state index contributed by atoms with van der Waals surface area (Å²) >= 11 is 0. The molecule has 0 unspecified atom stereocenters. The Balaban J connectivity index is 1.81. The summed E-state index contributed by atoms with van der Waals surface area (Å²) in [4.78, 5) is 24.9. The van der Waals surface area contributed by atoms with Gasteiger partial charge in [-0.1, -0.05) is 12.1 Å². The molecule has 0 radical (unpaired) electrons. The largest absolute Gasteiger partial charge is 0.491 e. The van der Waals surface area contributed by atoms with E-state index in [4.69, 9.17) is 14.2 Å². The van der Waals surface area contributed by atoms with Gasteiger partial charge in [-0.25, -0.2) is 0 Å². The van der Waals surface area contributed by atoms with Crippen LogP contribution in [-0.2, 0) is 4.79 Å². The first-order valence-corrected chi connectivity index (χ1v) is 9.60. The SMILES string of the molecule is CC(C)Oc1ccc([C@H]2CC(=O)Oc3ccc4c(c32)OC(C)(C)CC4=O)cc1. The van der Waals surface area contributed by atoms with Gasteiger partial charge in [0.2, 0.25) is 0 Å². The van der Waals surface area contributed by atoms with E-state index in [0.717, 1.165) is 16.9 Å². The second kappa shape index (κ2) is 6.66. The number of ether oxygens (including phenoxy) is 3. The Morgan fingerprint density at radius 3 is 2.46 bits per heavy atom. The van der Waals surface area contributed by atoms with Crippen LogP contribution in [-0.4, -0.2) is 23.5 Å². The average Bonchev–Trinajstić information content (AvgIpc) is 2.59. The Morgan fingerprint density at radius 1 is 1.07 bits per heavy atom. The molecule has 0 aliphatic carbocycles. The van der Waals surface area contributed by atoms with Crippen molar-refractivity contribution in [3.63, 3.8) is 0 Å². The highest BCUT2D eigenvalue weighted by Crippen LogP contribution is 2.48. The number of ketones is 1. The second-order valence-electron chi connectivity index (χ2n) is 8.28. The molecule has 0 saturated carbocycles. The first kappa shape index (κ1) is 18.5. The Bertz CT molecular complexity index is 940. The summed E-state index contributed by atoms with van der Waals surface area (Å²) in [5, 5.41) is 0. The zero-order chi connectivity index (χ0) is 20.1. The monoisotopic (exact) mass is 380 g/mol. The smallest absolute Gasteiger partial charge is 0.312 e. The van der Waals surface area contributed by atoms with Gasteiger partial charge in [0.15, 0.2) is 5.78 Å². The zero-order valence-corrected chi connectivity index (χ0v) is 16.6. The van der Waals surface area contributed by atoms with Gasteiger partial charge in [0.1, 0.15) is 22.8 Å². The van der Waals surface area contributed by atoms with Crippen LogP contribution >= 0.6 is 0 Å². The van der Waals surface area contributed by atoms with E-state index in [9.17, 15) is 9.59 Å². The standard InChI is InChI=1S/C23H24O5/c1-13(2)26-15-7-5-14(6-8-15)17-11-20(25)27-19-10-9-16-18(24)12-23(3,4)28-22(16)21(17)19/h5-10,13,17H,11-12H2,1-4H3/t17-/m1/s1. The molecule has 2 aliphatic rings. The maximum absolute atomic E-state index is 12.6. The third-order valence-electron chi connectivity index (χ3n) is 5.02. The van der Waals surface area contributed by atoms with Crippen molar-refractivity contribution in [1.82, 2.24) is 0 Å². The van der Waals surface area contributed by atoms with Crippen LogP contribution in [0.25, 0.3) is 0 Å². The van der Waals surface area contributed by atoms with Crippen molar-refractivity contribution in [3.8, 4) is 17.2 Å². The fourth-order valence-corrected chi connectivity index (χ4v) is 3.89. The Hall–Kier alpha value is -2.82. The number of rotatable bonds is 3. The van der Waals surface area contributed by atoms with Crippen LogP contribution < -0.4 is 14.2 Å². The molecule has 0 amide bonds. The molecule has 0 N–H and O–H groups in total. The first-order chi connectivity index (χ1) is 13.2. The Labute approximate surface area is 164 Å². The Morgan fingerprint density at radius 2 is 1.79 bits per heavy atom. The second-order valence-corrected chi connectivity index (χ2v) is 8.28. The predicted octanol–water partition coefficient (Wildman–Crippen LogP) is 4.66.